The third-order valence-corrected chi connectivity index (χ3v) is 6.10. The van der Waals surface area contributed by atoms with Gasteiger partial charge in [0.25, 0.3) is 5.95 Å². The Morgan fingerprint density at radius 2 is 1.81 bits per heavy atom. The zero-order valence-electron chi connectivity index (χ0n) is 17.6. The monoisotopic (exact) mass is 414 g/mol. The summed E-state index contributed by atoms with van der Waals surface area (Å²) in [5, 5.41) is 15.7. The highest BCUT2D eigenvalue weighted by molar-refractivity contribution is 5.89. The lowest BCUT2D eigenvalue weighted by Gasteiger charge is -2.32. The van der Waals surface area contributed by atoms with Crippen LogP contribution in [0.15, 0.2) is 60.7 Å². The number of nitrogens with one attached hydrogen (secondary N) is 1. The maximum atomic E-state index is 12.9. The van der Waals surface area contributed by atoms with Crippen molar-refractivity contribution in [2.24, 2.45) is 0 Å². The highest BCUT2D eigenvalue weighted by Crippen LogP contribution is 2.36. The van der Waals surface area contributed by atoms with Gasteiger partial charge in [-0.3, -0.25) is 9.69 Å². The number of hydrogen-bond donors (Lipinski definition) is 1. The smallest absolute Gasteiger partial charge is 0.251 e. The van der Waals surface area contributed by atoms with Crippen molar-refractivity contribution in [3.05, 3.63) is 77.4 Å². The molecule has 0 saturated heterocycles. The van der Waals surface area contributed by atoms with Gasteiger partial charge in [0.2, 0.25) is 5.91 Å². The molecule has 0 radical (unpaired) electrons. The summed E-state index contributed by atoms with van der Waals surface area (Å²) in [5.74, 6) is 0.575. The predicted molar refractivity (Wildman–Crippen MR) is 119 cm³/mol. The van der Waals surface area contributed by atoms with Crippen molar-refractivity contribution in [3.63, 3.8) is 0 Å². The van der Waals surface area contributed by atoms with Crippen LogP contribution in [0.4, 0.5) is 5.95 Å². The van der Waals surface area contributed by atoms with Crippen LogP contribution in [0.1, 0.15) is 48.4 Å². The highest BCUT2D eigenvalue weighted by atomic mass is 16.2. The minimum atomic E-state index is -0.144. The number of amides is 1. The molecule has 158 valence electrons. The van der Waals surface area contributed by atoms with E-state index in [1.54, 1.807) is 4.68 Å². The number of rotatable bonds is 5. The number of carbonyl (C=O) groups excluding carboxylic acids is 1. The van der Waals surface area contributed by atoms with Gasteiger partial charge in [0, 0.05) is 6.04 Å². The van der Waals surface area contributed by atoms with Crippen LogP contribution in [-0.4, -0.2) is 38.7 Å². The van der Waals surface area contributed by atoms with E-state index in [4.69, 9.17) is 0 Å². The van der Waals surface area contributed by atoms with Crippen LogP contribution in [0.2, 0.25) is 0 Å². The Balaban J connectivity index is 1.52. The maximum absolute atomic E-state index is 12.9. The molecule has 1 aliphatic carbocycles. The highest BCUT2D eigenvalue weighted by Gasteiger charge is 2.32. The number of anilines is 1. The first-order valence-corrected chi connectivity index (χ1v) is 10.9. The third-order valence-electron chi connectivity index (χ3n) is 6.10. The van der Waals surface area contributed by atoms with Crippen molar-refractivity contribution in [2.45, 2.75) is 44.7 Å². The van der Waals surface area contributed by atoms with Crippen molar-refractivity contribution in [3.8, 4) is 0 Å². The lowest BCUT2D eigenvalue weighted by atomic mass is 10.00. The second-order valence-electron chi connectivity index (χ2n) is 8.33. The Hall–Kier alpha value is -3.48. The molecule has 7 heteroatoms. The average molecular weight is 415 g/mol. The second kappa shape index (κ2) is 8.34. The summed E-state index contributed by atoms with van der Waals surface area (Å²) in [6.45, 7) is 2.25. The van der Waals surface area contributed by atoms with Crippen LogP contribution in [-0.2, 0) is 4.79 Å². The molecule has 2 aromatic carbocycles. The first-order valence-electron chi connectivity index (χ1n) is 10.9. The van der Waals surface area contributed by atoms with Gasteiger partial charge < -0.3 is 5.32 Å². The van der Waals surface area contributed by atoms with Gasteiger partial charge in [-0.15, -0.1) is 0 Å². The Morgan fingerprint density at radius 1 is 1.06 bits per heavy atom. The van der Waals surface area contributed by atoms with E-state index < -0.39 is 0 Å². The molecule has 1 N–H and O–H groups in total. The molecule has 1 aliphatic heterocycles. The first-order chi connectivity index (χ1) is 15.2. The molecule has 2 heterocycles. The van der Waals surface area contributed by atoms with Crippen molar-refractivity contribution in [2.75, 3.05) is 11.4 Å². The van der Waals surface area contributed by atoms with Crippen LogP contribution in [0, 0.1) is 6.92 Å². The number of aromatic nitrogens is 4. The van der Waals surface area contributed by atoms with E-state index in [1.165, 1.54) is 18.4 Å². The Kier molecular flexibility index (Phi) is 5.24. The first kappa shape index (κ1) is 19.5. The normalized spacial score (nSPS) is 18.5. The number of tetrazole rings is 1. The average Bonchev–Trinajstić information content (AvgIpc) is 3.47. The fourth-order valence-electron chi connectivity index (χ4n) is 4.47. The van der Waals surface area contributed by atoms with E-state index in [-0.39, 0.29) is 24.5 Å². The molecule has 0 unspecified atom stereocenters. The van der Waals surface area contributed by atoms with E-state index >= 15 is 0 Å². The van der Waals surface area contributed by atoms with Gasteiger partial charge in [-0.2, -0.15) is 4.68 Å². The van der Waals surface area contributed by atoms with E-state index in [2.05, 4.69) is 70.2 Å². The molecule has 0 spiro atoms. The molecule has 1 fully saturated rings. The van der Waals surface area contributed by atoms with Gasteiger partial charge in [0.15, 0.2) is 0 Å². The summed E-state index contributed by atoms with van der Waals surface area (Å²) < 4.78 is 1.79. The van der Waals surface area contributed by atoms with Crippen molar-refractivity contribution >= 4 is 17.6 Å². The van der Waals surface area contributed by atoms with Gasteiger partial charge >= 0.3 is 0 Å². The number of nitrogens with zero attached hydrogens (tertiary/aromatic N) is 5. The molecule has 1 saturated carbocycles. The molecule has 1 aromatic heterocycles. The fourth-order valence-corrected chi connectivity index (χ4v) is 4.47. The van der Waals surface area contributed by atoms with Crippen LogP contribution in [0.3, 0.4) is 0 Å². The third kappa shape index (κ3) is 3.95. The molecule has 3 aromatic rings. The van der Waals surface area contributed by atoms with Crippen LogP contribution < -0.4 is 10.2 Å². The summed E-state index contributed by atoms with van der Waals surface area (Å²) in [6.07, 6.45) is 6.62. The summed E-state index contributed by atoms with van der Waals surface area (Å²) >= 11 is 0. The number of benzene rings is 2. The van der Waals surface area contributed by atoms with Crippen LogP contribution in [0.25, 0.3) is 5.70 Å². The Bertz CT molecular complexity index is 1080. The van der Waals surface area contributed by atoms with Crippen molar-refractivity contribution in [1.82, 2.24) is 25.5 Å². The van der Waals surface area contributed by atoms with Gasteiger partial charge in [0.05, 0.1) is 5.70 Å². The zero-order valence-corrected chi connectivity index (χ0v) is 17.6. The number of hydrogen-bond acceptors (Lipinski definition) is 5. The Labute approximate surface area is 181 Å². The lowest BCUT2D eigenvalue weighted by Crippen LogP contribution is -2.42. The minimum absolute atomic E-state index is 0.00272. The van der Waals surface area contributed by atoms with Crippen LogP contribution in [0.5, 0.6) is 0 Å². The molecule has 1 atom stereocenters. The topological polar surface area (TPSA) is 75.9 Å². The Morgan fingerprint density at radius 3 is 2.55 bits per heavy atom. The summed E-state index contributed by atoms with van der Waals surface area (Å²) in [4.78, 5) is 14.8. The number of allylic oxidation sites excluding steroid dienone is 1. The van der Waals surface area contributed by atoms with E-state index in [1.807, 2.05) is 23.1 Å². The fraction of sp³-hybridized carbons (Fsp3) is 0.333. The van der Waals surface area contributed by atoms with Gasteiger partial charge in [-0.25, -0.2) is 0 Å². The van der Waals surface area contributed by atoms with Crippen molar-refractivity contribution < 1.29 is 4.79 Å². The molecule has 0 bridgehead atoms. The van der Waals surface area contributed by atoms with Gasteiger partial charge in [-0.05, 0) is 47.4 Å². The van der Waals surface area contributed by atoms with Crippen LogP contribution >= 0.6 is 0 Å². The molecular weight excluding hydrogens is 388 g/mol. The SMILES string of the molecule is Cc1ccc([C@@H]2C=C(c3ccccc3)N(CC(=O)NC3CCCC3)c3nnnn32)cc1. The standard InChI is InChI=1S/C24H26N6O/c1-17-11-13-19(14-12-17)22-15-21(18-7-3-2-4-8-18)29(24-26-27-28-30(22)24)16-23(31)25-20-9-5-6-10-20/h2-4,7-8,11-15,20,22H,5-6,9-10,16H2,1H3,(H,25,31)/t22-/m0/s1. The predicted octanol–water partition coefficient (Wildman–Crippen LogP) is 3.49. The molecular formula is C24H26N6O. The lowest BCUT2D eigenvalue weighted by molar-refractivity contribution is -0.120. The molecule has 31 heavy (non-hydrogen) atoms. The van der Waals surface area contributed by atoms with Gasteiger partial charge in [-0.1, -0.05) is 78.1 Å². The van der Waals surface area contributed by atoms with E-state index in [0.717, 1.165) is 29.7 Å². The quantitative estimate of drug-likeness (QED) is 0.692. The maximum Gasteiger partial charge on any atom is 0.251 e. The molecule has 2 aliphatic rings. The minimum Gasteiger partial charge on any atom is -0.352 e. The van der Waals surface area contributed by atoms with E-state index in [0.29, 0.717) is 5.95 Å². The summed E-state index contributed by atoms with van der Waals surface area (Å²) in [5.41, 5.74) is 4.27. The largest absolute Gasteiger partial charge is 0.352 e. The number of fused-ring (bicyclic) bond motifs is 1. The second-order valence-corrected chi connectivity index (χ2v) is 8.33. The summed E-state index contributed by atoms with van der Waals surface area (Å²) in [6, 6.07) is 18.6. The molecule has 5 rings (SSSR count). The zero-order chi connectivity index (χ0) is 21.2. The number of carbonyl (C=O) groups is 1. The molecule has 1 amide bonds. The summed E-state index contributed by atoms with van der Waals surface area (Å²) in [7, 11) is 0. The van der Waals surface area contributed by atoms with E-state index in [9.17, 15) is 4.79 Å². The van der Waals surface area contributed by atoms with Gasteiger partial charge in [0.1, 0.15) is 12.6 Å². The number of aryl methyl sites for hydroxylation is 1. The van der Waals surface area contributed by atoms with Crippen molar-refractivity contribution in [1.29, 1.82) is 0 Å². The molecule has 7 nitrogen and oxygen atoms in total.